The van der Waals surface area contributed by atoms with Gasteiger partial charge in [-0.15, -0.1) is 22.7 Å². The number of rotatable bonds is 4. The molecule has 0 radical (unpaired) electrons. The minimum Gasteiger partial charge on any atom is -0.254 e. The number of aromatic nitrogens is 1. The van der Waals surface area contributed by atoms with Crippen LogP contribution in [0.15, 0.2) is 33.9 Å². The van der Waals surface area contributed by atoms with Crippen molar-refractivity contribution in [3.8, 4) is 11.1 Å². The topological polar surface area (TPSA) is 59.1 Å². The Balaban J connectivity index is 2.00. The first-order chi connectivity index (χ1) is 11.3. The molecule has 2 aromatic heterocycles. The largest absolute Gasteiger partial charge is 0.273 e. The third kappa shape index (κ3) is 3.44. The first kappa shape index (κ1) is 17.3. The Kier molecular flexibility index (Phi) is 4.60. The number of hydrogen-bond acceptors (Lipinski definition) is 5. The molecular formula is C14H9ClF2N2O2S3. The Morgan fingerprint density at radius 3 is 2.62 bits per heavy atom. The van der Waals surface area contributed by atoms with Gasteiger partial charge in [-0.3, -0.25) is 4.72 Å². The molecule has 3 rings (SSSR count). The molecular weight excluding hydrogens is 398 g/mol. The zero-order valence-electron chi connectivity index (χ0n) is 12.0. The second-order valence-electron chi connectivity index (χ2n) is 4.78. The lowest BCUT2D eigenvalue weighted by molar-refractivity contribution is 0.602. The molecule has 0 fully saturated rings. The number of thiazole rings is 1. The molecule has 0 amide bonds. The zero-order valence-corrected chi connectivity index (χ0v) is 15.2. The summed E-state index contributed by atoms with van der Waals surface area (Å²) in [5, 5.41) is 1.92. The molecule has 1 aromatic carbocycles. The molecule has 3 aromatic rings. The van der Waals surface area contributed by atoms with Crippen molar-refractivity contribution in [2.75, 3.05) is 4.72 Å². The Bertz CT molecular complexity index is 1010. The van der Waals surface area contributed by atoms with E-state index in [1.807, 2.05) is 0 Å². The molecule has 4 nitrogen and oxygen atoms in total. The van der Waals surface area contributed by atoms with Crippen LogP contribution in [-0.4, -0.2) is 13.4 Å². The van der Waals surface area contributed by atoms with Crippen LogP contribution in [0.3, 0.4) is 0 Å². The van der Waals surface area contributed by atoms with Crippen molar-refractivity contribution in [3.05, 3.63) is 51.3 Å². The minimum absolute atomic E-state index is 0.0511. The van der Waals surface area contributed by atoms with Gasteiger partial charge in [0.15, 0.2) is 5.13 Å². The van der Waals surface area contributed by atoms with Gasteiger partial charge < -0.3 is 0 Å². The lowest BCUT2D eigenvalue weighted by atomic mass is 10.1. The summed E-state index contributed by atoms with van der Waals surface area (Å²) >= 11 is 7.94. The van der Waals surface area contributed by atoms with Gasteiger partial charge in [0.2, 0.25) is 0 Å². The van der Waals surface area contributed by atoms with Crippen LogP contribution in [0.4, 0.5) is 13.9 Å². The lowest BCUT2D eigenvalue weighted by Crippen LogP contribution is -2.11. The average molecular weight is 407 g/mol. The smallest absolute Gasteiger partial charge is 0.254 e. The van der Waals surface area contributed by atoms with E-state index in [0.29, 0.717) is 5.69 Å². The fourth-order valence-corrected chi connectivity index (χ4v) is 5.62. The summed E-state index contributed by atoms with van der Waals surface area (Å²) in [7, 11) is -3.92. The Labute approximate surface area is 149 Å². The van der Waals surface area contributed by atoms with Crippen molar-refractivity contribution in [1.82, 2.24) is 4.98 Å². The van der Waals surface area contributed by atoms with Crippen molar-refractivity contribution in [2.24, 2.45) is 0 Å². The van der Waals surface area contributed by atoms with Crippen molar-refractivity contribution >= 4 is 49.4 Å². The van der Waals surface area contributed by atoms with Gasteiger partial charge in [0, 0.05) is 16.5 Å². The minimum atomic E-state index is -3.92. The summed E-state index contributed by atoms with van der Waals surface area (Å²) in [5.41, 5.74) is 0.710. The average Bonchev–Trinajstić information content (AvgIpc) is 3.07. The Morgan fingerprint density at radius 2 is 1.96 bits per heavy atom. The van der Waals surface area contributed by atoms with Gasteiger partial charge in [-0.25, -0.2) is 22.2 Å². The van der Waals surface area contributed by atoms with E-state index in [1.165, 1.54) is 6.07 Å². The molecule has 0 atom stereocenters. The molecule has 24 heavy (non-hydrogen) atoms. The molecule has 0 bridgehead atoms. The van der Waals surface area contributed by atoms with Crippen LogP contribution in [0.5, 0.6) is 0 Å². The van der Waals surface area contributed by atoms with E-state index in [-0.39, 0.29) is 24.8 Å². The van der Waals surface area contributed by atoms with Gasteiger partial charge in [0.25, 0.3) is 10.0 Å². The third-order valence-corrected chi connectivity index (χ3v) is 7.16. The molecule has 2 heterocycles. The molecule has 0 aliphatic carbocycles. The van der Waals surface area contributed by atoms with Gasteiger partial charge >= 0.3 is 0 Å². The van der Waals surface area contributed by atoms with Crippen molar-refractivity contribution < 1.29 is 17.2 Å². The van der Waals surface area contributed by atoms with Gasteiger partial charge in [-0.2, -0.15) is 0 Å². The Morgan fingerprint density at radius 1 is 1.21 bits per heavy atom. The first-order valence-electron chi connectivity index (χ1n) is 6.46. The second kappa shape index (κ2) is 6.40. The predicted octanol–water partition coefficient (Wildman–Crippen LogP) is 4.91. The molecule has 0 saturated carbocycles. The van der Waals surface area contributed by atoms with E-state index in [2.05, 4.69) is 9.71 Å². The number of nitrogens with one attached hydrogen (secondary N) is 1. The van der Waals surface area contributed by atoms with E-state index in [9.17, 15) is 17.2 Å². The maximum atomic E-state index is 13.9. The number of thiophene rings is 1. The van der Waals surface area contributed by atoms with Crippen LogP contribution in [0.25, 0.3) is 11.1 Å². The molecule has 126 valence electrons. The number of hydrogen-bond donors (Lipinski definition) is 1. The first-order valence-corrected chi connectivity index (χ1v) is 10.0. The Hall–Kier alpha value is -1.55. The number of benzene rings is 1. The lowest BCUT2D eigenvalue weighted by Gasteiger charge is -2.02. The highest BCUT2D eigenvalue weighted by molar-refractivity contribution is 7.95. The van der Waals surface area contributed by atoms with E-state index in [4.69, 9.17) is 11.6 Å². The quantitative estimate of drug-likeness (QED) is 0.669. The van der Waals surface area contributed by atoms with Crippen LogP contribution in [-0.2, 0) is 10.0 Å². The van der Waals surface area contributed by atoms with Crippen molar-refractivity contribution in [2.45, 2.75) is 11.1 Å². The number of sulfonamides is 1. The molecule has 10 heteroatoms. The highest BCUT2D eigenvalue weighted by Gasteiger charge is 2.23. The van der Waals surface area contributed by atoms with Gasteiger partial charge in [-0.05, 0) is 31.2 Å². The maximum absolute atomic E-state index is 13.9. The van der Waals surface area contributed by atoms with Crippen LogP contribution in [0, 0.1) is 18.6 Å². The summed E-state index contributed by atoms with van der Waals surface area (Å²) in [5.74, 6) is -1.34. The standard InChI is InChI=1S/C14H9ClF2N2O2S3/c1-7-6-22-14(18-7)19-24(20,21)12-5-10(13(15)23-12)9-4-8(16)2-3-11(9)17/h2-6H,1H3,(H,18,19). The molecule has 0 aliphatic heterocycles. The highest BCUT2D eigenvalue weighted by Crippen LogP contribution is 2.39. The number of nitrogens with zero attached hydrogens (tertiary/aromatic N) is 1. The SMILES string of the molecule is Cc1csc(NS(=O)(=O)c2cc(-c3cc(F)ccc3F)c(Cl)s2)n1. The van der Waals surface area contributed by atoms with Crippen LogP contribution in [0.1, 0.15) is 5.69 Å². The van der Waals surface area contributed by atoms with Gasteiger partial charge in [0.1, 0.15) is 20.2 Å². The van der Waals surface area contributed by atoms with E-state index >= 15 is 0 Å². The summed E-state index contributed by atoms with van der Waals surface area (Å²) < 4.78 is 54.3. The summed E-state index contributed by atoms with van der Waals surface area (Å²) in [6.45, 7) is 1.74. The normalized spacial score (nSPS) is 11.7. The summed E-state index contributed by atoms with van der Waals surface area (Å²) in [4.78, 5) is 4.02. The van der Waals surface area contributed by atoms with E-state index in [1.54, 1.807) is 12.3 Å². The van der Waals surface area contributed by atoms with Crippen molar-refractivity contribution in [1.29, 1.82) is 0 Å². The van der Waals surface area contributed by atoms with Crippen LogP contribution >= 0.6 is 34.3 Å². The third-order valence-electron chi connectivity index (χ3n) is 2.99. The highest BCUT2D eigenvalue weighted by atomic mass is 35.5. The second-order valence-corrected chi connectivity index (χ2v) is 9.20. The fraction of sp³-hybridized carbons (Fsp3) is 0.0714. The van der Waals surface area contributed by atoms with E-state index < -0.39 is 21.7 Å². The zero-order chi connectivity index (χ0) is 17.5. The predicted molar refractivity (Wildman–Crippen MR) is 92.3 cm³/mol. The molecule has 1 N–H and O–H groups in total. The van der Waals surface area contributed by atoms with E-state index in [0.717, 1.165) is 40.9 Å². The van der Waals surface area contributed by atoms with Crippen LogP contribution in [0.2, 0.25) is 4.34 Å². The van der Waals surface area contributed by atoms with Crippen molar-refractivity contribution in [3.63, 3.8) is 0 Å². The molecule has 0 spiro atoms. The maximum Gasteiger partial charge on any atom is 0.273 e. The fourth-order valence-electron chi connectivity index (χ4n) is 1.93. The van der Waals surface area contributed by atoms with Gasteiger partial charge in [0.05, 0.1) is 5.69 Å². The summed E-state index contributed by atoms with van der Waals surface area (Å²) in [6, 6.07) is 4.12. The number of halogens is 3. The number of anilines is 1. The van der Waals surface area contributed by atoms with Crippen LogP contribution < -0.4 is 4.72 Å². The number of aryl methyl sites for hydroxylation is 1. The van der Waals surface area contributed by atoms with Gasteiger partial charge in [-0.1, -0.05) is 11.6 Å². The monoisotopic (exact) mass is 406 g/mol. The molecule has 0 unspecified atom stereocenters. The molecule has 0 aliphatic rings. The summed E-state index contributed by atoms with van der Waals surface area (Å²) in [6.07, 6.45) is 0. The molecule has 0 saturated heterocycles.